The van der Waals surface area contributed by atoms with E-state index in [1.807, 2.05) is 0 Å². The van der Waals surface area contributed by atoms with Gasteiger partial charge in [-0.2, -0.15) is 4.31 Å². The zero-order valence-corrected chi connectivity index (χ0v) is 15.9. The topological polar surface area (TPSA) is 92.5 Å². The van der Waals surface area contributed by atoms with Crippen molar-refractivity contribution in [2.24, 2.45) is 5.73 Å². The summed E-state index contributed by atoms with van der Waals surface area (Å²) in [6.07, 6.45) is 5.86. The highest BCUT2D eigenvalue weighted by molar-refractivity contribution is 7.89. The predicted octanol–water partition coefficient (Wildman–Crippen LogP) is 2.97. The van der Waals surface area contributed by atoms with Crippen LogP contribution in [0.1, 0.15) is 44.9 Å². The van der Waals surface area contributed by atoms with E-state index in [1.165, 1.54) is 16.4 Å². The number of carbonyl (C=O) groups excluding carboxylic acids is 1. The summed E-state index contributed by atoms with van der Waals surface area (Å²) in [4.78, 5) is 12.1. The van der Waals surface area contributed by atoms with Crippen molar-refractivity contribution in [3.8, 4) is 0 Å². The summed E-state index contributed by atoms with van der Waals surface area (Å²) in [5, 5.41) is 2.93. The normalized spacial score (nSPS) is 15.4. The maximum Gasteiger partial charge on any atom is 0.244 e. The average molecular weight is 388 g/mol. The Morgan fingerprint density at radius 1 is 1.16 bits per heavy atom. The lowest BCUT2D eigenvalue weighted by Gasteiger charge is -2.17. The van der Waals surface area contributed by atoms with E-state index in [2.05, 4.69) is 5.32 Å². The second-order valence-corrected chi connectivity index (χ2v) is 8.57. The number of nitrogens with zero attached hydrogens (tertiary/aromatic N) is 1. The second-order valence-electron chi connectivity index (χ2n) is 6.26. The van der Waals surface area contributed by atoms with Gasteiger partial charge in [0.2, 0.25) is 15.9 Å². The highest BCUT2D eigenvalue weighted by Crippen LogP contribution is 2.29. The number of hydrogen-bond acceptors (Lipinski definition) is 4. The molecular weight excluding hydrogens is 362 g/mol. The maximum atomic E-state index is 12.7. The molecule has 3 N–H and O–H groups in total. The maximum absolute atomic E-state index is 12.7. The van der Waals surface area contributed by atoms with Gasteiger partial charge in [0.1, 0.15) is 4.90 Å². The second kappa shape index (κ2) is 9.52. The fourth-order valence-corrected chi connectivity index (χ4v) is 4.87. The average Bonchev–Trinajstić information content (AvgIpc) is 3.11. The van der Waals surface area contributed by atoms with Crippen molar-refractivity contribution in [3.63, 3.8) is 0 Å². The Balaban J connectivity index is 2.00. The quantitative estimate of drug-likeness (QED) is 0.637. The van der Waals surface area contributed by atoms with Crippen molar-refractivity contribution in [2.45, 2.75) is 49.8 Å². The molecular formula is C17H26ClN3O3S. The van der Waals surface area contributed by atoms with Crippen LogP contribution in [0.4, 0.5) is 5.69 Å². The van der Waals surface area contributed by atoms with Gasteiger partial charge in [0.15, 0.2) is 0 Å². The molecule has 0 radical (unpaired) electrons. The molecule has 1 saturated heterocycles. The van der Waals surface area contributed by atoms with Gasteiger partial charge in [0.25, 0.3) is 0 Å². The van der Waals surface area contributed by atoms with E-state index in [4.69, 9.17) is 17.3 Å². The molecule has 1 aromatic rings. The third-order valence-electron chi connectivity index (χ3n) is 4.26. The van der Waals surface area contributed by atoms with E-state index in [0.717, 1.165) is 38.5 Å². The number of rotatable bonds is 9. The van der Waals surface area contributed by atoms with Gasteiger partial charge in [-0.1, -0.05) is 24.4 Å². The first-order valence-corrected chi connectivity index (χ1v) is 10.6. The molecule has 1 amide bonds. The third-order valence-corrected chi connectivity index (χ3v) is 6.64. The largest absolute Gasteiger partial charge is 0.330 e. The van der Waals surface area contributed by atoms with Gasteiger partial charge in [0, 0.05) is 25.2 Å². The monoisotopic (exact) mass is 387 g/mol. The van der Waals surface area contributed by atoms with Gasteiger partial charge in [-0.15, -0.1) is 0 Å². The molecule has 8 heteroatoms. The van der Waals surface area contributed by atoms with E-state index in [1.54, 1.807) is 6.07 Å². The molecule has 1 aliphatic rings. The number of nitrogens with two attached hydrogens (primary N) is 1. The summed E-state index contributed by atoms with van der Waals surface area (Å²) in [5.41, 5.74) is 5.89. The van der Waals surface area contributed by atoms with Gasteiger partial charge in [0.05, 0.1) is 5.02 Å². The first-order valence-electron chi connectivity index (χ1n) is 8.75. The number of carbonyl (C=O) groups is 1. The van der Waals surface area contributed by atoms with Crippen molar-refractivity contribution >= 4 is 33.2 Å². The van der Waals surface area contributed by atoms with E-state index in [9.17, 15) is 13.2 Å². The third kappa shape index (κ3) is 5.67. The van der Waals surface area contributed by atoms with Crippen molar-refractivity contribution in [3.05, 3.63) is 23.2 Å². The van der Waals surface area contributed by atoms with Crippen LogP contribution in [-0.4, -0.2) is 38.3 Å². The SMILES string of the molecule is NCCCCCCC(=O)Nc1ccc(Cl)c(S(=O)(=O)N2CCCC2)c1. The van der Waals surface area contributed by atoms with Gasteiger partial charge >= 0.3 is 0 Å². The molecule has 1 fully saturated rings. The minimum atomic E-state index is -3.62. The summed E-state index contributed by atoms with van der Waals surface area (Å²) >= 11 is 6.10. The molecule has 0 saturated carbocycles. The number of benzene rings is 1. The number of hydrogen-bond donors (Lipinski definition) is 2. The number of halogens is 1. The number of amides is 1. The Morgan fingerprint density at radius 2 is 1.84 bits per heavy atom. The zero-order valence-electron chi connectivity index (χ0n) is 14.3. The smallest absolute Gasteiger partial charge is 0.244 e. The minimum Gasteiger partial charge on any atom is -0.330 e. The molecule has 6 nitrogen and oxygen atoms in total. The molecule has 1 heterocycles. The number of unbranched alkanes of at least 4 members (excludes halogenated alkanes) is 3. The van der Waals surface area contributed by atoms with Crippen LogP contribution in [0.25, 0.3) is 0 Å². The number of sulfonamides is 1. The molecule has 2 rings (SSSR count). The molecule has 0 atom stereocenters. The summed E-state index contributed by atoms with van der Waals surface area (Å²) in [7, 11) is -3.62. The highest BCUT2D eigenvalue weighted by Gasteiger charge is 2.29. The van der Waals surface area contributed by atoms with Crippen LogP contribution in [0, 0.1) is 0 Å². The van der Waals surface area contributed by atoms with Crippen molar-refractivity contribution in [2.75, 3.05) is 25.0 Å². The molecule has 1 aliphatic heterocycles. The first kappa shape index (κ1) is 20.2. The number of nitrogens with one attached hydrogen (secondary N) is 1. The van der Waals surface area contributed by atoms with Crippen LogP contribution < -0.4 is 11.1 Å². The Kier molecular flexibility index (Phi) is 7.68. The lowest BCUT2D eigenvalue weighted by molar-refractivity contribution is -0.116. The summed E-state index contributed by atoms with van der Waals surface area (Å²) in [6, 6.07) is 4.58. The number of anilines is 1. The van der Waals surface area contributed by atoms with Crippen LogP contribution in [0.3, 0.4) is 0 Å². The molecule has 0 spiro atoms. The molecule has 25 heavy (non-hydrogen) atoms. The predicted molar refractivity (Wildman–Crippen MR) is 100 cm³/mol. The molecule has 140 valence electrons. The van der Waals surface area contributed by atoms with Crippen LogP contribution in [0.5, 0.6) is 0 Å². The Labute approximate surface area is 154 Å². The Morgan fingerprint density at radius 3 is 2.52 bits per heavy atom. The van der Waals surface area contributed by atoms with Crippen LogP contribution >= 0.6 is 11.6 Å². The van der Waals surface area contributed by atoms with E-state index in [0.29, 0.717) is 31.7 Å². The van der Waals surface area contributed by atoms with Gasteiger partial charge in [-0.05, 0) is 50.4 Å². The molecule has 0 aromatic heterocycles. The lowest BCUT2D eigenvalue weighted by Crippen LogP contribution is -2.28. The molecule has 0 bridgehead atoms. The summed E-state index contributed by atoms with van der Waals surface area (Å²) in [6.45, 7) is 1.70. The van der Waals surface area contributed by atoms with Gasteiger partial charge in [-0.3, -0.25) is 4.79 Å². The summed E-state index contributed by atoms with van der Waals surface area (Å²) in [5.74, 6) is -0.125. The van der Waals surface area contributed by atoms with E-state index < -0.39 is 10.0 Å². The van der Waals surface area contributed by atoms with Crippen molar-refractivity contribution < 1.29 is 13.2 Å². The zero-order chi connectivity index (χ0) is 18.3. The Hall–Kier alpha value is -1.15. The highest BCUT2D eigenvalue weighted by atomic mass is 35.5. The van der Waals surface area contributed by atoms with E-state index >= 15 is 0 Å². The fraction of sp³-hybridized carbons (Fsp3) is 0.588. The minimum absolute atomic E-state index is 0.0526. The lowest BCUT2D eigenvalue weighted by atomic mass is 10.1. The molecule has 0 aliphatic carbocycles. The van der Waals surface area contributed by atoms with Crippen molar-refractivity contribution in [1.29, 1.82) is 0 Å². The van der Waals surface area contributed by atoms with Crippen LogP contribution in [0.15, 0.2) is 23.1 Å². The Bertz CT molecular complexity index is 688. The van der Waals surface area contributed by atoms with Gasteiger partial charge < -0.3 is 11.1 Å². The molecule has 1 aromatic carbocycles. The van der Waals surface area contributed by atoms with Crippen LogP contribution in [-0.2, 0) is 14.8 Å². The standard InChI is InChI=1S/C17H26ClN3O3S/c18-15-9-8-14(20-17(22)7-3-1-2-4-10-19)13-16(15)25(23,24)21-11-5-6-12-21/h8-9,13H,1-7,10-12,19H2,(H,20,22). The van der Waals surface area contributed by atoms with Gasteiger partial charge in [-0.25, -0.2) is 8.42 Å². The first-order chi connectivity index (χ1) is 11.9. The van der Waals surface area contributed by atoms with Crippen LogP contribution in [0.2, 0.25) is 5.02 Å². The molecule has 0 unspecified atom stereocenters. The summed E-state index contributed by atoms with van der Waals surface area (Å²) < 4.78 is 26.8. The van der Waals surface area contributed by atoms with E-state index in [-0.39, 0.29) is 15.8 Å². The van der Waals surface area contributed by atoms with Crippen molar-refractivity contribution in [1.82, 2.24) is 4.31 Å². The fourth-order valence-electron chi connectivity index (χ4n) is 2.85.